The van der Waals surface area contributed by atoms with Gasteiger partial charge in [0.15, 0.2) is 0 Å². The summed E-state index contributed by atoms with van der Waals surface area (Å²) in [5, 5.41) is 3.67. The predicted molar refractivity (Wildman–Crippen MR) is 85.3 cm³/mol. The molecule has 1 heterocycles. The summed E-state index contributed by atoms with van der Waals surface area (Å²) in [5.74, 6) is 0.677. The molecule has 1 aliphatic rings. The second-order valence-electron chi connectivity index (χ2n) is 6.61. The molecule has 1 saturated heterocycles. The van der Waals surface area contributed by atoms with Crippen LogP contribution in [-0.4, -0.2) is 29.6 Å². The fraction of sp³-hybridized carbons (Fsp3) is 0.625. The number of piperazine rings is 1. The van der Waals surface area contributed by atoms with Crippen molar-refractivity contribution in [2.75, 3.05) is 13.1 Å². The van der Waals surface area contributed by atoms with Gasteiger partial charge in [0.05, 0.1) is 0 Å². The van der Waals surface area contributed by atoms with E-state index in [1.807, 2.05) is 0 Å². The number of halogens is 1. The van der Waals surface area contributed by atoms with Crippen LogP contribution in [0.2, 0.25) is 0 Å². The third-order valence-electron chi connectivity index (χ3n) is 3.90. The molecule has 2 rings (SSSR count). The molecule has 1 fully saturated rings. The average molecular weight is 325 g/mol. The van der Waals surface area contributed by atoms with Gasteiger partial charge in [-0.2, -0.15) is 0 Å². The lowest BCUT2D eigenvalue weighted by molar-refractivity contribution is 0.0627. The molecule has 0 amide bonds. The number of hydrogen-bond donors (Lipinski definition) is 1. The van der Waals surface area contributed by atoms with Crippen LogP contribution in [0.4, 0.5) is 0 Å². The third-order valence-corrected chi connectivity index (χ3v) is 4.39. The molecule has 1 aromatic carbocycles. The van der Waals surface area contributed by atoms with Crippen LogP contribution in [0.1, 0.15) is 33.3 Å². The van der Waals surface area contributed by atoms with Gasteiger partial charge < -0.3 is 5.32 Å². The fourth-order valence-electron chi connectivity index (χ4n) is 2.89. The molecule has 19 heavy (non-hydrogen) atoms. The van der Waals surface area contributed by atoms with Crippen molar-refractivity contribution in [2.24, 2.45) is 5.92 Å². The lowest BCUT2D eigenvalue weighted by Gasteiger charge is -2.46. The summed E-state index contributed by atoms with van der Waals surface area (Å²) in [6.45, 7) is 12.4. The van der Waals surface area contributed by atoms with Crippen molar-refractivity contribution in [3.63, 3.8) is 0 Å². The highest BCUT2D eigenvalue weighted by atomic mass is 79.9. The van der Waals surface area contributed by atoms with Gasteiger partial charge in [-0.15, -0.1) is 0 Å². The number of rotatable bonds is 3. The van der Waals surface area contributed by atoms with Crippen molar-refractivity contribution >= 4 is 15.9 Å². The Kier molecular flexibility index (Phi) is 4.70. The maximum atomic E-state index is 3.67. The van der Waals surface area contributed by atoms with E-state index < -0.39 is 0 Å². The summed E-state index contributed by atoms with van der Waals surface area (Å²) in [7, 11) is 0. The Morgan fingerprint density at radius 2 is 2.16 bits per heavy atom. The maximum Gasteiger partial charge on any atom is 0.0253 e. The molecule has 2 nitrogen and oxygen atoms in total. The fourth-order valence-corrected chi connectivity index (χ4v) is 3.34. The molecule has 0 aromatic heterocycles. The first-order valence-electron chi connectivity index (χ1n) is 7.11. The molecular formula is C16H25BrN2. The Hall–Kier alpha value is -0.380. The molecule has 0 spiro atoms. The standard InChI is InChI=1S/C16H25BrN2/c1-12(2)15-9-18-16(3,4)11-19(15)10-13-6-5-7-14(17)8-13/h5-8,12,15,18H,9-11H2,1-4H3. The number of benzene rings is 1. The highest BCUT2D eigenvalue weighted by molar-refractivity contribution is 9.10. The first kappa shape index (κ1) is 15.0. The molecule has 1 atom stereocenters. The zero-order valence-electron chi connectivity index (χ0n) is 12.4. The lowest BCUT2D eigenvalue weighted by atomic mass is 9.92. The minimum Gasteiger partial charge on any atom is -0.309 e. The lowest BCUT2D eigenvalue weighted by Crippen LogP contribution is -2.62. The molecule has 0 bridgehead atoms. The van der Waals surface area contributed by atoms with Crippen molar-refractivity contribution in [1.82, 2.24) is 10.2 Å². The smallest absolute Gasteiger partial charge is 0.0253 e. The van der Waals surface area contributed by atoms with Gasteiger partial charge >= 0.3 is 0 Å². The predicted octanol–water partition coefficient (Wildman–Crippen LogP) is 3.66. The van der Waals surface area contributed by atoms with E-state index in [-0.39, 0.29) is 5.54 Å². The van der Waals surface area contributed by atoms with Gasteiger partial charge in [0.1, 0.15) is 0 Å². The summed E-state index contributed by atoms with van der Waals surface area (Å²) in [5.41, 5.74) is 1.59. The summed E-state index contributed by atoms with van der Waals surface area (Å²) < 4.78 is 1.17. The van der Waals surface area contributed by atoms with Gasteiger partial charge in [0.25, 0.3) is 0 Å². The molecule has 0 saturated carbocycles. The van der Waals surface area contributed by atoms with E-state index in [2.05, 4.69) is 78.1 Å². The van der Waals surface area contributed by atoms with Gasteiger partial charge in [0.2, 0.25) is 0 Å². The first-order valence-corrected chi connectivity index (χ1v) is 7.90. The van der Waals surface area contributed by atoms with Crippen molar-refractivity contribution in [3.05, 3.63) is 34.3 Å². The zero-order valence-corrected chi connectivity index (χ0v) is 14.0. The Bertz CT molecular complexity index is 429. The molecule has 1 aromatic rings. The highest BCUT2D eigenvalue weighted by Crippen LogP contribution is 2.23. The third kappa shape index (κ3) is 4.04. The quantitative estimate of drug-likeness (QED) is 0.912. The van der Waals surface area contributed by atoms with Gasteiger partial charge in [-0.3, -0.25) is 4.90 Å². The molecule has 0 radical (unpaired) electrons. The van der Waals surface area contributed by atoms with E-state index in [9.17, 15) is 0 Å². The van der Waals surface area contributed by atoms with E-state index >= 15 is 0 Å². The minimum absolute atomic E-state index is 0.206. The zero-order chi connectivity index (χ0) is 14.0. The largest absolute Gasteiger partial charge is 0.309 e. The maximum absolute atomic E-state index is 3.67. The van der Waals surface area contributed by atoms with Crippen LogP contribution in [0, 0.1) is 5.92 Å². The molecule has 1 unspecified atom stereocenters. The normalized spacial score (nSPS) is 23.8. The van der Waals surface area contributed by atoms with Gasteiger partial charge in [-0.25, -0.2) is 0 Å². The van der Waals surface area contributed by atoms with Crippen LogP contribution in [0.15, 0.2) is 28.7 Å². The average Bonchev–Trinajstić information content (AvgIpc) is 2.27. The van der Waals surface area contributed by atoms with E-state index in [1.165, 1.54) is 10.0 Å². The van der Waals surface area contributed by atoms with Crippen molar-refractivity contribution in [3.8, 4) is 0 Å². The SMILES string of the molecule is CC(C)C1CNC(C)(C)CN1Cc1cccc(Br)c1. The molecular weight excluding hydrogens is 300 g/mol. The van der Waals surface area contributed by atoms with Crippen LogP contribution < -0.4 is 5.32 Å². The second kappa shape index (κ2) is 5.94. The van der Waals surface area contributed by atoms with Gasteiger partial charge in [0, 0.05) is 35.7 Å². The Labute approximate surface area is 125 Å². The molecule has 106 valence electrons. The summed E-state index contributed by atoms with van der Waals surface area (Å²) >= 11 is 3.56. The molecule has 1 aliphatic heterocycles. The van der Waals surface area contributed by atoms with Crippen molar-refractivity contribution in [2.45, 2.75) is 45.8 Å². The molecule has 1 N–H and O–H groups in total. The molecule has 3 heteroatoms. The summed E-state index contributed by atoms with van der Waals surface area (Å²) in [4.78, 5) is 2.63. The van der Waals surface area contributed by atoms with Crippen LogP contribution in [-0.2, 0) is 6.54 Å². The van der Waals surface area contributed by atoms with E-state index in [0.717, 1.165) is 19.6 Å². The van der Waals surface area contributed by atoms with E-state index in [0.29, 0.717) is 12.0 Å². The number of hydrogen-bond acceptors (Lipinski definition) is 2. The minimum atomic E-state index is 0.206. The van der Waals surface area contributed by atoms with Crippen molar-refractivity contribution in [1.29, 1.82) is 0 Å². The van der Waals surface area contributed by atoms with E-state index in [4.69, 9.17) is 0 Å². The van der Waals surface area contributed by atoms with Gasteiger partial charge in [-0.05, 0) is 37.5 Å². The monoisotopic (exact) mass is 324 g/mol. The Morgan fingerprint density at radius 3 is 2.79 bits per heavy atom. The van der Waals surface area contributed by atoms with E-state index in [1.54, 1.807) is 0 Å². The molecule has 0 aliphatic carbocycles. The first-order chi connectivity index (χ1) is 8.87. The summed E-state index contributed by atoms with van der Waals surface area (Å²) in [6, 6.07) is 9.28. The number of nitrogens with one attached hydrogen (secondary N) is 1. The van der Waals surface area contributed by atoms with Crippen LogP contribution in [0.3, 0.4) is 0 Å². The number of nitrogens with zero attached hydrogens (tertiary/aromatic N) is 1. The van der Waals surface area contributed by atoms with Crippen LogP contribution in [0.5, 0.6) is 0 Å². The van der Waals surface area contributed by atoms with Crippen LogP contribution >= 0.6 is 15.9 Å². The highest BCUT2D eigenvalue weighted by Gasteiger charge is 2.33. The van der Waals surface area contributed by atoms with Crippen molar-refractivity contribution < 1.29 is 0 Å². The van der Waals surface area contributed by atoms with Crippen LogP contribution in [0.25, 0.3) is 0 Å². The summed E-state index contributed by atoms with van der Waals surface area (Å²) in [6.07, 6.45) is 0. The van der Waals surface area contributed by atoms with Gasteiger partial charge in [-0.1, -0.05) is 41.9 Å². The Balaban J connectivity index is 2.13. The topological polar surface area (TPSA) is 15.3 Å². The Morgan fingerprint density at radius 1 is 1.42 bits per heavy atom. The second-order valence-corrected chi connectivity index (χ2v) is 7.53.